The number of esters is 2. The topological polar surface area (TPSA) is 189 Å². The smallest absolute Gasteiger partial charge is 0.462 e. The van der Waals surface area contributed by atoms with Crippen LogP contribution in [0.25, 0.3) is 0 Å². The number of phosphoric ester groups is 1. The van der Waals surface area contributed by atoms with Gasteiger partial charge in [0.1, 0.15) is 24.9 Å². The molecule has 0 spiro atoms. The Balaban J connectivity index is 4.78. The predicted molar refractivity (Wildman–Crippen MR) is 217 cm³/mol. The summed E-state index contributed by atoms with van der Waals surface area (Å²) in [7, 11) is -5.08. The Morgan fingerprint density at radius 1 is 0.636 bits per heavy atom. The zero-order valence-corrected chi connectivity index (χ0v) is 35.1. The van der Waals surface area contributed by atoms with E-state index in [1.54, 1.807) is 0 Å². The van der Waals surface area contributed by atoms with E-state index in [9.17, 15) is 34.4 Å². The summed E-state index contributed by atoms with van der Waals surface area (Å²) < 4.78 is 41.3. The van der Waals surface area contributed by atoms with E-state index in [1.807, 2.05) is 0 Å². The van der Waals surface area contributed by atoms with Crippen LogP contribution in [0.3, 0.4) is 0 Å². The molecular weight excluding hydrogens is 727 g/mol. The average Bonchev–Trinajstić information content (AvgIpc) is 3.18. The third kappa shape index (κ3) is 34.2. The molecule has 0 aliphatic rings. The maximum Gasteiger partial charge on any atom is 0.472 e. The van der Waals surface area contributed by atoms with E-state index in [2.05, 4.69) is 38.2 Å². The highest BCUT2D eigenvalue weighted by Crippen LogP contribution is 2.45. The molecule has 0 rings (SSSR count). The van der Waals surface area contributed by atoms with E-state index in [-0.39, 0.29) is 12.8 Å². The fraction of sp³-hybridized carbons (Fsp3) is 0.857. The minimum Gasteiger partial charge on any atom is -0.462 e. The van der Waals surface area contributed by atoms with Gasteiger partial charge in [0.2, 0.25) is 0 Å². The maximum atomic E-state index is 12.7. The molecule has 324 valence electrons. The Morgan fingerprint density at radius 3 is 1.58 bits per heavy atom. The lowest BCUT2D eigenvalue weighted by atomic mass is 10.0. The largest absolute Gasteiger partial charge is 0.472 e. The Morgan fingerprint density at radius 2 is 1.09 bits per heavy atom. The van der Waals surface area contributed by atoms with Gasteiger partial charge in [0, 0.05) is 12.8 Å². The highest BCUT2D eigenvalue weighted by Gasteiger charge is 2.35. The first kappa shape index (κ1) is 51.4. The van der Waals surface area contributed by atoms with Crippen molar-refractivity contribution in [3.63, 3.8) is 0 Å². The molecule has 0 aromatic rings. The number of phosphoric acid groups is 1. The molecule has 0 aliphatic carbocycles. The van der Waals surface area contributed by atoms with Gasteiger partial charge in [-0.3, -0.25) is 18.6 Å². The van der Waals surface area contributed by atoms with Crippen molar-refractivity contribution in [2.24, 2.45) is 0 Å². The highest BCUT2D eigenvalue weighted by atomic mass is 31.2. The van der Waals surface area contributed by atoms with Crippen LogP contribution in [0.5, 0.6) is 0 Å². The fourth-order valence-corrected chi connectivity index (χ4v) is 6.73. The lowest BCUT2D eigenvalue weighted by Crippen LogP contribution is -2.42. The second-order valence-corrected chi connectivity index (χ2v) is 15.9. The van der Waals surface area contributed by atoms with Gasteiger partial charge in [0.25, 0.3) is 0 Å². The molecule has 0 fully saturated rings. The lowest BCUT2D eigenvalue weighted by molar-refractivity contribution is -0.161. The minimum absolute atomic E-state index is 0.000656. The predicted octanol–water partition coefficient (Wildman–Crippen LogP) is 8.94. The van der Waals surface area contributed by atoms with Crippen LogP contribution in [0, 0.1) is 0 Å². The third-order valence-electron chi connectivity index (χ3n) is 9.21. The molecule has 6 atom stereocenters. The Bertz CT molecular complexity index is 1050. The van der Waals surface area contributed by atoms with Crippen LogP contribution >= 0.6 is 7.82 Å². The van der Waals surface area contributed by atoms with Gasteiger partial charge in [-0.2, -0.15) is 0 Å². The molecule has 0 aliphatic heterocycles. The van der Waals surface area contributed by atoms with Gasteiger partial charge in [-0.05, 0) is 57.8 Å². The van der Waals surface area contributed by atoms with E-state index in [0.717, 1.165) is 77.0 Å². The molecule has 0 radical (unpaired) electrons. The first-order chi connectivity index (χ1) is 27.0. The quantitative estimate of drug-likeness (QED) is 0.0171. The normalized spacial score (nSPS) is 16.1. The molecule has 0 saturated heterocycles. The van der Waals surface area contributed by atoms with Crippen molar-refractivity contribution in [1.29, 1.82) is 0 Å². The van der Waals surface area contributed by atoms with Gasteiger partial charge < -0.3 is 34.8 Å². The van der Waals surface area contributed by atoms with Crippen LogP contribution in [-0.2, 0) is 32.7 Å². The van der Waals surface area contributed by atoms with Crippen molar-refractivity contribution in [3.05, 3.63) is 24.3 Å². The molecule has 0 amide bonds. The van der Waals surface area contributed by atoms with Gasteiger partial charge in [-0.1, -0.05) is 134 Å². The van der Waals surface area contributed by atoms with Crippen molar-refractivity contribution in [2.75, 3.05) is 26.4 Å². The first-order valence-corrected chi connectivity index (χ1v) is 22.9. The third-order valence-corrected chi connectivity index (χ3v) is 10.2. The molecular formula is C42H79O12P. The van der Waals surface area contributed by atoms with Crippen LogP contribution in [0.4, 0.5) is 0 Å². The molecule has 5 N–H and O–H groups in total. The first-order valence-electron chi connectivity index (χ1n) is 21.9. The molecule has 12 nitrogen and oxygen atoms in total. The second-order valence-electron chi connectivity index (χ2n) is 14.4. The molecule has 2 unspecified atom stereocenters. The van der Waals surface area contributed by atoms with E-state index in [1.165, 1.54) is 64.2 Å². The van der Waals surface area contributed by atoms with Gasteiger partial charge in [0.05, 0.1) is 21.2 Å². The van der Waals surface area contributed by atoms with Crippen LogP contribution in [-0.4, -0.2) is 88.1 Å². The van der Waals surface area contributed by atoms with E-state index < -0.39 is 70.6 Å². The number of unbranched alkanes of at least 4 members (excludes halogenated alkanes) is 20. The number of aliphatic hydroxyl groups excluding tert-OH is 4. The average molecular weight is 808 g/mol. The van der Waals surface area contributed by atoms with Gasteiger partial charge in [-0.25, -0.2) is 4.57 Å². The highest BCUT2D eigenvalue weighted by molar-refractivity contribution is 7.47. The second kappa shape index (κ2) is 37.9. The van der Waals surface area contributed by atoms with E-state index in [4.69, 9.17) is 25.0 Å². The monoisotopic (exact) mass is 808 g/mol. The Hall–Kier alpha value is -1.63. The summed E-state index contributed by atoms with van der Waals surface area (Å²) in [6.07, 6.45) is 27.9. The van der Waals surface area contributed by atoms with Crippen molar-refractivity contribution in [2.45, 2.75) is 205 Å². The van der Waals surface area contributed by atoms with Crippen LogP contribution in [0.2, 0.25) is 0 Å². The standard InChI is InChI=1S/C42H79O12P/c1-3-5-7-9-11-13-15-17-18-20-21-23-25-27-29-31-40(46)51-35-37(36-52-55(49,50)54-39(34-44)42(48)38(45)33-43)53-41(47)32-30-28-26-24-22-19-16-14-12-10-8-6-4-2/h8,10,22,24,37-39,42-45,48H,3-7,9,11-21,23,25-36H2,1-2H3,(H,49,50)/b10-8-,24-22-/t37-,38-,39-,42+/m1/s1/i35D/t35?,37-,38-,39-,42+. The number of carbonyl (C=O) groups excluding carboxylic acids is 2. The number of hydrogen-bond acceptors (Lipinski definition) is 11. The van der Waals surface area contributed by atoms with Gasteiger partial charge in [0.15, 0.2) is 6.10 Å². The maximum absolute atomic E-state index is 12.7. The summed E-state index contributed by atoms with van der Waals surface area (Å²) >= 11 is 0. The SMILES string of the molecule is [2H]C(OC(=O)CCCCCCCCCCCCCCCCC)[C@H](COP(=O)(O)O[C@H](CO)[C@@H](O)[C@H](O)CO)OC(=O)CCCC/C=C\CCCC/C=C\CCC. The van der Waals surface area contributed by atoms with Crippen LogP contribution in [0.1, 0.15) is 182 Å². The summed E-state index contributed by atoms with van der Waals surface area (Å²) in [5.41, 5.74) is 0. The summed E-state index contributed by atoms with van der Waals surface area (Å²) in [6, 6.07) is 0. The molecule has 0 heterocycles. The fourth-order valence-electron chi connectivity index (χ4n) is 5.80. The van der Waals surface area contributed by atoms with Gasteiger partial charge in [-0.15, -0.1) is 0 Å². The van der Waals surface area contributed by atoms with Crippen molar-refractivity contribution < 1.29 is 59.4 Å². The Kier molecular flexibility index (Phi) is 35.4. The Labute approximate surface area is 334 Å². The zero-order chi connectivity index (χ0) is 41.7. The summed E-state index contributed by atoms with van der Waals surface area (Å²) in [4.78, 5) is 35.5. The number of aliphatic hydroxyl groups is 4. The molecule has 0 saturated carbocycles. The van der Waals surface area contributed by atoms with Crippen LogP contribution < -0.4 is 0 Å². The van der Waals surface area contributed by atoms with Crippen molar-refractivity contribution in [1.82, 2.24) is 0 Å². The zero-order valence-electron chi connectivity index (χ0n) is 35.2. The van der Waals surface area contributed by atoms with Crippen molar-refractivity contribution >= 4 is 19.8 Å². The molecule has 55 heavy (non-hydrogen) atoms. The summed E-state index contributed by atoms with van der Waals surface area (Å²) in [5, 5.41) is 38.2. The number of ether oxygens (including phenoxy) is 2. The van der Waals surface area contributed by atoms with E-state index in [0.29, 0.717) is 12.8 Å². The number of carbonyl (C=O) groups is 2. The van der Waals surface area contributed by atoms with E-state index >= 15 is 0 Å². The molecule has 0 bridgehead atoms. The van der Waals surface area contributed by atoms with Gasteiger partial charge >= 0.3 is 19.8 Å². The lowest BCUT2D eigenvalue weighted by Gasteiger charge is -2.26. The minimum atomic E-state index is -5.08. The number of hydrogen-bond donors (Lipinski definition) is 5. The summed E-state index contributed by atoms with van der Waals surface area (Å²) in [5.74, 6) is -1.39. The molecule has 13 heteroatoms. The van der Waals surface area contributed by atoms with Crippen LogP contribution in [0.15, 0.2) is 24.3 Å². The molecule has 0 aromatic heterocycles. The van der Waals surface area contributed by atoms with Crippen molar-refractivity contribution in [3.8, 4) is 0 Å². The number of rotatable bonds is 40. The number of allylic oxidation sites excluding steroid dienone is 4. The molecule has 0 aromatic carbocycles. The summed E-state index contributed by atoms with van der Waals surface area (Å²) in [6.45, 7) is -0.172.